The van der Waals surface area contributed by atoms with E-state index in [4.69, 9.17) is 0 Å². The summed E-state index contributed by atoms with van der Waals surface area (Å²) in [5.74, 6) is 0. The molecule has 1 aliphatic carbocycles. The summed E-state index contributed by atoms with van der Waals surface area (Å²) in [7, 11) is 0. The molecule has 3 heteroatoms. The number of fused-ring (bicyclic) bond motifs is 3. The Morgan fingerprint density at radius 2 is 2.06 bits per heavy atom. The summed E-state index contributed by atoms with van der Waals surface area (Å²) >= 11 is 0. The van der Waals surface area contributed by atoms with E-state index in [0.29, 0.717) is 0 Å². The smallest absolute Gasteiger partial charge is 0.138 e. The largest absolute Gasteiger partial charge is 0.385 e. The molecule has 3 aromatic rings. The van der Waals surface area contributed by atoms with E-state index in [0.717, 1.165) is 40.3 Å². The molecule has 1 saturated carbocycles. The number of hydrogen-bond donors (Lipinski definition) is 2. The Bertz CT molecular complexity index is 725. The van der Waals surface area contributed by atoms with Gasteiger partial charge in [0.25, 0.3) is 0 Å². The summed E-state index contributed by atoms with van der Waals surface area (Å²) in [6, 6.07) is 10.1. The summed E-state index contributed by atoms with van der Waals surface area (Å²) in [6.07, 6.45) is 3.53. The fraction of sp³-hybridized carbons (Fsp3) is 0.214. The Morgan fingerprint density at radius 3 is 2.88 bits per heavy atom. The Morgan fingerprint density at radius 1 is 1.18 bits per heavy atom. The molecule has 84 valence electrons. The molecule has 1 fully saturated rings. The number of nitrogens with one attached hydrogen (secondary N) is 1. The molecular formula is C14H12N2O. The van der Waals surface area contributed by atoms with Gasteiger partial charge >= 0.3 is 0 Å². The first-order chi connectivity index (χ1) is 8.26. The minimum Gasteiger partial charge on any atom is -0.385 e. The number of aromatic amines is 1. The van der Waals surface area contributed by atoms with E-state index in [1.54, 1.807) is 6.20 Å². The highest BCUT2D eigenvalue weighted by Crippen LogP contribution is 2.46. The van der Waals surface area contributed by atoms with Crippen molar-refractivity contribution in [2.45, 2.75) is 18.4 Å². The molecule has 0 bridgehead atoms. The van der Waals surface area contributed by atoms with Crippen molar-refractivity contribution >= 4 is 21.9 Å². The third-order valence-electron chi connectivity index (χ3n) is 3.63. The molecule has 1 aliphatic rings. The summed E-state index contributed by atoms with van der Waals surface area (Å²) < 4.78 is 0. The van der Waals surface area contributed by atoms with E-state index in [1.165, 1.54) is 0 Å². The van der Waals surface area contributed by atoms with E-state index in [2.05, 4.69) is 22.1 Å². The van der Waals surface area contributed by atoms with Crippen molar-refractivity contribution in [3.05, 3.63) is 42.1 Å². The molecule has 0 spiro atoms. The summed E-state index contributed by atoms with van der Waals surface area (Å²) in [5, 5.41) is 12.4. The van der Waals surface area contributed by atoms with Crippen LogP contribution < -0.4 is 0 Å². The number of benzene rings is 1. The molecule has 4 rings (SSSR count). The fourth-order valence-electron chi connectivity index (χ4n) is 2.42. The first kappa shape index (κ1) is 9.19. The molecule has 17 heavy (non-hydrogen) atoms. The van der Waals surface area contributed by atoms with Gasteiger partial charge in [0, 0.05) is 22.5 Å². The van der Waals surface area contributed by atoms with E-state index in [-0.39, 0.29) is 0 Å². The lowest BCUT2D eigenvalue weighted by atomic mass is 10.0. The molecule has 2 heterocycles. The van der Waals surface area contributed by atoms with Crippen molar-refractivity contribution in [2.75, 3.05) is 0 Å². The Hall–Kier alpha value is -1.87. The number of aromatic nitrogens is 2. The molecular weight excluding hydrogens is 212 g/mol. The number of aliphatic hydroxyl groups is 1. The lowest BCUT2D eigenvalue weighted by Crippen LogP contribution is -2.03. The highest BCUT2D eigenvalue weighted by atomic mass is 16.3. The lowest BCUT2D eigenvalue weighted by Gasteiger charge is -2.07. The normalized spacial score (nSPS) is 17.7. The predicted molar refractivity (Wildman–Crippen MR) is 66.7 cm³/mol. The van der Waals surface area contributed by atoms with Crippen LogP contribution in [0.3, 0.4) is 0 Å². The molecule has 0 amide bonds. The highest BCUT2D eigenvalue weighted by molar-refractivity contribution is 6.06. The van der Waals surface area contributed by atoms with Crippen LogP contribution in [0.5, 0.6) is 0 Å². The maximum absolute atomic E-state index is 10.1. The SMILES string of the molecule is OC1(c2ccc3[nH]c4ncccc4c3c2)CC1. The molecule has 0 atom stereocenters. The average molecular weight is 224 g/mol. The monoisotopic (exact) mass is 224 g/mol. The van der Waals surface area contributed by atoms with Gasteiger partial charge in [-0.15, -0.1) is 0 Å². The second-order valence-corrected chi connectivity index (χ2v) is 4.82. The van der Waals surface area contributed by atoms with Crippen LogP contribution in [0.15, 0.2) is 36.5 Å². The predicted octanol–water partition coefficient (Wildman–Crippen LogP) is 2.70. The van der Waals surface area contributed by atoms with E-state index < -0.39 is 5.60 Å². The number of hydrogen-bond acceptors (Lipinski definition) is 2. The summed E-state index contributed by atoms with van der Waals surface area (Å²) in [6.45, 7) is 0. The third kappa shape index (κ3) is 1.23. The molecule has 0 radical (unpaired) electrons. The maximum atomic E-state index is 10.1. The molecule has 0 unspecified atom stereocenters. The first-order valence-electron chi connectivity index (χ1n) is 5.86. The quantitative estimate of drug-likeness (QED) is 0.667. The number of rotatable bonds is 1. The van der Waals surface area contributed by atoms with Crippen LogP contribution in [0, 0.1) is 0 Å². The van der Waals surface area contributed by atoms with Gasteiger partial charge in [0.2, 0.25) is 0 Å². The zero-order valence-corrected chi connectivity index (χ0v) is 9.27. The van der Waals surface area contributed by atoms with E-state index in [9.17, 15) is 5.11 Å². The highest BCUT2D eigenvalue weighted by Gasteiger charge is 2.42. The van der Waals surface area contributed by atoms with Crippen LogP contribution in [0.1, 0.15) is 18.4 Å². The standard InChI is InChI=1S/C14H12N2O/c17-14(5-6-14)9-3-4-12-11(8-9)10-2-1-7-15-13(10)16-12/h1-4,7-8,17H,5-6H2,(H,15,16). The van der Waals surface area contributed by atoms with Gasteiger partial charge in [0.1, 0.15) is 5.65 Å². The van der Waals surface area contributed by atoms with Gasteiger partial charge in [-0.1, -0.05) is 6.07 Å². The van der Waals surface area contributed by atoms with Crippen molar-refractivity contribution in [1.29, 1.82) is 0 Å². The van der Waals surface area contributed by atoms with Gasteiger partial charge < -0.3 is 10.1 Å². The van der Waals surface area contributed by atoms with Crippen LogP contribution in [0.2, 0.25) is 0 Å². The number of nitrogens with zero attached hydrogens (tertiary/aromatic N) is 1. The molecule has 2 aromatic heterocycles. The van der Waals surface area contributed by atoms with E-state index in [1.807, 2.05) is 18.2 Å². The van der Waals surface area contributed by atoms with Crippen molar-refractivity contribution in [3.63, 3.8) is 0 Å². The van der Waals surface area contributed by atoms with Crippen LogP contribution in [-0.4, -0.2) is 15.1 Å². The number of pyridine rings is 1. The summed E-state index contributed by atoms with van der Waals surface area (Å²) in [5.41, 5.74) is 2.43. The van der Waals surface area contributed by atoms with Crippen molar-refractivity contribution in [1.82, 2.24) is 9.97 Å². The lowest BCUT2D eigenvalue weighted by molar-refractivity contribution is 0.151. The molecule has 0 aliphatic heterocycles. The summed E-state index contributed by atoms with van der Waals surface area (Å²) in [4.78, 5) is 7.59. The van der Waals surface area contributed by atoms with Crippen molar-refractivity contribution in [2.24, 2.45) is 0 Å². The maximum Gasteiger partial charge on any atom is 0.138 e. The minimum atomic E-state index is -0.569. The van der Waals surface area contributed by atoms with Gasteiger partial charge in [-0.05, 0) is 42.7 Å². The topological polar surface area (TPSA) is 48.9 Å². The van der Waals surface area contributed by atoms with Crippen LogP contribution in [-0.2, 0) is 5.60 Å². The van der Waals surface area contributed by atoms with Crippen LogP contribution in [0.25, 0.3) is 21.9 Å². The number of H-pyrrole nitrogens is 1. The fourth-order valence-corrected chi connectivity index (χ4v) is 2.42. The minimum absolute atomic E-state index is 0.569. The van der Waals surface area contributed by atoms with Gasteiger partial charge in [-0.2, -0.15) is 0 Å². The zero-order chi connectivity index (χ0) is 11.5. The Labute approximate surface area is 98.1 Å². The molecule has 0 saturated heterocycles. The second kappa shape index (κ2) is 2.87. The van der Waals surface area contributed by atoms with Crippen molar-refractivity contribution < 1.29 is 5.11 Å². The van der Waals surface area contributed by atoms with Gasteiger partial charge in [0.05, 0.1) is 5.60 Å². The van der Waals surface area contributed by atoms with Gasteiger partial charge in [-0.25, -0.2) is 4.98 Å². The Balaban J connectivity index is 2.07. The Kier molecular flexibility index (Phi) is 1.55. The zero-order valence-electron chi connectivity index (χ0n) is 9.27. The molecule has 1 aromatic carbocycles. The first-order valence-corrected chi connectivity index (χ1v) is 5.86. The van der Waals surface area contributed by atoms with Gasteiger partial charge in [0.15, 0.2) is 0 Å². The third-order valence-corrected chi connectivity index (χ3v) is 3.63. The molecule has 2 N–H and O–H groups in total. The van der Waals surface area contributed by atoms with E-state index >= 15 is 0 Å². The van der Waals surface area contributed by atoms with Crippen LogP contribution >= 0.6 is 0 Å². The average Bonchev–Trinajstić information content (AvgIpc) is 3.00. The van der Waals surface area contributed by atoms with Crippen molar-refractivity contribution in [3.8, 4) is 0 Å². The second-order valence-electron chi connectivity index (χ2n) is 4.82. The molecule has 3 nitrogen and oxygen atoms in total. The van der Waals surface area contributed by atoms with Gasteiger partial charge in [-0.3, -0.25) is 0 Å². The van der Waals surface area contributed by atoms with Crippen LogP contribution in [0.4, 0.5) is 0 Å².